The molecule has 0 aliphatic heterocycles. The molecule has 0 unspecified atom stereocenters. The number of amides is 3. The fourth-order valence-corrected chi connectivity index (χ4v) is 2.57. The van der Waals surface area contributed by atoms with Gasteiger partial charge in [-0.25, -0.2) is 0 Å². The van der Waals surface area contributed by atoms with E-state index in [1.54, 1.807) is 56.6 Å². The third-order valence-corrected chi connectivity index (χ3v) is 4.21. The Morgan fingerprint density at radius 2 is 1.53 bits per heavy atom. The first-order valence-corrected chi connectivity index (χ1v) is 10.2. The quantitative estimate of drug-likeness (QED) is 0.552. The highest BCUT2D eigenvalue weighted by atomic mass is 16.5. The van der Waals surface area contributed by atoms with E-state index in [4.69, 9.17) is 14.2 Å². The highest BCUT2D eigenvalue weighted by molar-refractivity contribution is 5.99. The Hall–Kier alpha value is -3.75. The maximum atomic E-state index is 12.4. The summed E-state index contributed by atoms with van der Waals surface area (Å²) < 4.78 is 16.4. The SMILES string of the molecule is CCOc1ccc(C(=O)NCC(=O)Nc2ccc(OCC(=O)N(C)C)cc2)cc1OCC. The Kier molecular flexibility index (Phi) is 9.34. The molecular formula is C23H29N3O6. The van der Waals surface area contributed by atoms with Gasteiger partial charge < -0.3 is 29.7 Å². The third kappa shape index (κ3) is 7.50. The van der Waals surface area contributed by atoms with Crippen molar-refractivity contribution in [1.82, 2.24) is 10.2 Å². The van der Waals surface area contributed by atoms with Crippen LogP contribution in [0.25, 0.3) is 0 Å². The first-order chi connectivity index (χ1) is 15.3. The molecule has 3 amide bonds. The minimum atomic E-state index is -0.404. The summed E-state index contributed by atoms with van der Waals surface area (Å²) in [5.41, 5.74) is 0.897. The molecule has 0 aliphatic rings. The van der Waals surface area contributed by atoms with Gasteiger partial charge in [0.05, 0.1) is 19.8 Å². The number of rotatable bonds is 11. The molecule has 32 heavy (non-hydrogen) atoms. The Balaban J connectivity index is 1.86. The van der Waals surface area contributed by atoms with Crippen molar-refractivity contribution in [1.29, 1.82) is 0 Å². The summed E-state index contributed by atoms with van der Waals surface area (Å²) in [7, 11) is 3.30. The molecule has 0 heterocycles. The van der Waals surface area contributed by atoms with Gasteiger partial charge in [-0.2, -0.15) is 0 Å². The normalized spacial score (nSPS) is 10.1. The lowest BCUT2D eigenvalue weighted by molar-refractivity contribution is -0.130. The van der Waals surface area contributed by atoms with E-state index in [0.717, 1.165) is 0 Å². The van der Waals surface area contributed by atoms with Crippen LogP contribution in [0.1, 0.15) is 24.2 Å². The van der Waals surface area contributed by atoms with Gasteiger partial charge in [0.25, 0.3) is 11.8 Å². The average molecular weight is 444 g/mol. The lowest BCUT2D eigenvalue weighted by Gasteiger charge is -2.13. The molecule has 9 nitrogen and oxygen atoms in total. The monoisotopic (exact) mass is 443 g/mol. The Bertz CT molecular complexity index is 928. The zero-order valence-corrected chi connectivity index (χ0v) is 18.8. The number of likely N-dealkylation sites (N-methyl/N-ethyl adjacent to an activating group) is 1. The third-order valence-electron chi connectivity index (χ3n) is 4.21. The molecule has 0 bridgehead atoms. The van der Waals surface area contributed by atoms with E-state index in [1.807, 2.05) is 13.8 Å². The number of carbonyl (C=O) groups excluding carboxylic acids is 3. The van der Waals surface area contributed by atoms with Crippen molar-refractivity contribution < 1.29 is 28.6 Å². The average Bonchev–Trinajstić information content (AvgIpc) is 2.78. The first-order valence-electron chi connectivity index (χ1n) is 10.2. The minimum absolute atomic E-state index is 0.0682. The summed E-state index contributed by atoms with van der Waals surface area (Å²) in [5, 5.41) is 5.27. The number of nitrogens with one attached hydrogen (secondary N) is 2. The summed E-state index contributed by atoms with van der Waals surface area (Å²) in [6.07, 6.45) is 0. The van der Waals surface area contributed by atoms with Crippen molar-refractivity contribution in [3.8, 4) is 17.2 Å². The lowest BCUT2D eigenvalue weighted by Crippen LogP contribution is -2.32. The maximum Gasteiger partial charge on any atom is 0.259 e. The molecule has 0 atom stereocenters. The fraction of sp³-hybridized carbons (Fsp3) is 0.348. The molecule has 0 aliphatic carbocycles. The van der Waals surface area contributed by atoms with Crippen LogP contribution in [0.4, 0.5) is 5.69 Å². The lowest BCUT2D eigenvalue weighted by atomic mass is 10.2. The van der Waals surface area contributed by atoms with Crippen molar-refractivity contribution in [3.05, 3.63) is 48.0 Å². The van der Waals surface area contributed by atoms with Gasteiger partial charge in [-0.1, -0.05) is 0 Å². The van der Waals surface area contributed by atoms with E-state index >= 15 is 0 Å². The molecule has 9 heteroatoms. The van der Waals surface area contributed by atoms with E-state index in [-0.39, 0.29) is 25.0 Å². The summed E-state index contributed by atoms with van der Waals surface area (Å²) in [5.74, 6) is 0.596. The number of hydrogen-bond acceptors (Lipinski definition) is 6. The van der Waals surface area contributed by atoms with Gasteiger partial charge in [0.15, 0.2) is 18.1 Å². The zero-order chi connectivity index (χ0) is 23.5. The second kappa shape index (κ2) is 12.2. The number of carbonyl (C=O) groups is 3. The van der Waals surface area contributed by atoms with E-state index in [1.165, 1.54) is 4.90 Å². The van der Waals surface area contributed by atoms with Crippen LogP contribution in [0.5, 0.6) is 17.2 Å². The predicted molar refractivity (Wildman–Crippen MR) is 120 cm³/mol. The molecule has 172 valence electrons. The summed E-state index contributed by atoms with van der Waals surface area (Å²) >= 11 is 0. The van der Waals surface area contributed by atoms with Crippen LogP contribution < -0.4 is 24.8 Å². The Labute approximate surface area is 187 Å². The maximum absolute atomic E-state index is 12.4. The van der Waals surface area contributed by atoms with Gasteiger partial charge in [-0.05, 0) is 56.3 Å². The molecule has 0 aromatic heterocycles. The Morgan fingerprint density at radius 1 is 0.875 bits per heavy atom. The topological polar surface area (TPSA) is 106 Å². The number of hydrogen-bond donors (Lipinski definition) is 2. The van der Waals surface area contributed by atoms with E-state index in [9.17, 15) is 14.4 Å². The molecule has 2 aromatic carbocycles. The van der Waals surface area contributed by atoms with Gasteiger partial charge >= 0.3 is 0 Å². The van der Waals surface area contributed by atoms with Crippen molar-refractivity contribution in [2.75, 3.05) is 45.8 Å². The second-order valence-corrected chi connectivity index (χ2v) is 6.86. The molecule has 0 saturated heterocycles. The summed E-state index contributed by atoms with van der Waals surface area (Å²) in [4.78, 5) is 37.6. The van der Waals surface area contributed by atoms with Crippen LogP contribution in [0, 0.1) is 0 Å². The van der Waals surface area contributed by atoms with Gasteiger partial charge in [-0.15, -0.1) is 0 Å². The summed E-state index contributed by atoms with van der Waals surface area (Å²) in [6.45, 7) is 4.35. The number of benzene rings is 2. The van der Waals surface area contributed by atoms with Crippen LogP contribution >= 0.6 is 0 Å². The fourth-order valence-electron chi connectivity index (χ4n) is 2.57. The van der Waals surface area contributed by atoms with Gasteiger partial charge in [0.1, 0.15) is 5.75 Å². The molecule has 2 aromatic rings. The van der Waals surface area contributed by atoms with Crippen molar-refractivity contribution in [3.63, 3.8) is 0 Å². The Morgan fingerprint density at radius 3 is 2.16 bits per heavy atom. The minimum Gasteiger partial charge on any atom is -0.490 e. The molecule has 2 rings (SSSR count). The first kappa shape index (κ1) is 24.5. The highest BCUT2D eigenvalue weighted by Gasteiger charge is 2.13. The second-order valence-electron chi connectivity index (χ2n) is 6.86. The molecule has 2 N–H and O–H groups in total. The molecule has 0 saturated carbocycles. The largest absolute Gasteiger partial charge is 0.490 e. The highest BCUT2D eigenvalue weighted by Crippen LogP contribution is 2.28. The van der Waals surface area contributed by atoms with Crippen LogP contribution in [0.3, 0.4) is 0 Å². The summed E-state index contributed by atoms with van der Waals surface area (Å²) in [6, 6.07) is 11.5. The smallest absolute Gasteiger partial charge is 0.259 e. The van der Waals surface area contributed by atoms with Crippen molar-refractivity contribution in [2.24, 2.45) is 0 Å². The van der Waals surface area contributed by atoms with E-state index < -0.39 is 5.91 Å². The van der Waals surface area contributed by atoms with Gasteiger partial charge in [0, 0.05) is 25.3 Å². The van der Waals surface area contributed by atoms with Crippen LogP contribution in [-0.2, 0) is 9.59 Å². The number of anilines is 1. The van der Waals surface area contributed by atoms with Crippen molar-refractivity contribution in [2.45, 2.75) is 13.8 Å². The van der Waals surface area contributed by atoms with E-state index in [0.29, 0.717) is 41.7 Å². The van der Waals surface area contributed by atoms with Gasteiger partial charge in [-0.3, -0.25) is 14.4 Å². The van der Waals surface area contributed by atoms with Gasteiger partial charge in [0.2, 0.25) is 5.91 Å². The molecule has 0 spiro atoms. The van der Waals surface area contributed by atoms with Crippen LogP contribution in [-0.4, -0.2) is 63.1 Å². The predicted octanol–water partition coefficient (Wildman–Crippen LogP) is 2.32. The molecule has 0 fully saturated rings. The number of ether oxygens (including phenoxy) is 3. The zero-order valence-electron chi connectivity index (χ0n) is 18.8. The van der Waals surface area contributed by atoms with Crippen LogP contribution in [0.15, 0.2) is 42.5 Å². The van der Waals surface area contributed by atoms with Crippen LogP contribution in [0.2, 0.25) is 0 Å². The van der Waals surface area contributed by atoms with E-state index in [2.05, 4.69) is 10.6 Å². The standard InChI is InChI=1S/C23H29N3O6/c1-5-30-19-12-7-16(13-20(19)31-6-2)23(29)24-14-21(27)25-17-8-10-18(11-9-17)32-15-22(28)26(3)4/h7-13H,5-6,14-15H2,1-4H3,(H,24,29)(H,25,27). The van der Waals surface area contributed by atoms with Crippen molar-refractivity contribution >= 4 is 23.4 Å². The molecule has 0 radical (unpaired) electrons. The number of nitrogens with zero attached hydrogens (tertiary/aromatic N) is 1. The molecular weight excluding hydrogens is 414 g/mol.